The molecule has 6 nitrogen and oxygen atoms in total. The van der Waals surface area contributed by atoms with E-state index in [0.29, 0.717) is 29.6 Å². The number of nitrogens with zero attached hydrogens (tertiary/aromatic N) is 3. The molecular formula is C19H18FN3O3. The van der Waals surface area contributed by atoms with Gasteiger partial charge in [0.2, 0.25) is 5.88 Å². The third-order valence-electron chi connectivity index (χ3n) is 3.59. The SMILES string of the molecule is COCc1cc(OCc2ccc(OC)c(F)c2)nc(-c2ccncc2)n1. The predicted octanol–water partition coefficient (Wildman–Crippen LogP) is 3.41. The maximum atomic E-state index is 13.8. The summed E-state index contributed by atoms with van der Waals surface area (Å²) in [4.78, 5) is 12.9. The molecule has 26 heavy (non-hydrogen) atoms. The van der Waals surface area contributed by atoms with Gasteiger partial charge in [-0.1, -0.05) is 6.07 Å². The minimum absolute atomic E-state index is 0.167. The van der Waals surface area contributed by atoms with Crippen molar-refractivity contribution in [3.63, 3.8) is 0 Å². The second kappa shape index (κ2) is 8.35. The van der Waals surface area contributed by atoms with Crippen LogP contribution in [0.15, 0.2) is 48.8 Å². The largest absolute Gasteiger partial charge is 0.494 e. The monoisotopic (exact) mass is 355 g/mol. The van der Waals surface area contributed by atoms with Gasteiger partial charge in [-0.2, -0.15) is 4.98 Å². The molecule has 0 saturated carbocycles. The third-order valence-corrected chi connectivity index (χ3v) is 3.59. The molecule has 0 aliphatic rings. The van der Waals surface area contributed by atoms with E-state index in [0.717, 1.165) is 5.56 Å². The normalized spacial score (nSPS) is 10.6. The van der Waals surface area contributed by atoms with E-state index in [4.69, 9.17) is 14.2 Å². The zero-order valence-electron chi connectivity index (χ0n) is 14.5. The van der Waals surface area contributed by atoms with E-state index in [1.807, 2.05) is 12.1 Å². The molecule has 2 aromatic heterocycles. The molecule has 0 fully saturated rings. The predicted molar refractivity (Wildman–Crippen MR) is 93.3 cm³/mol. The van der Waals surface area contributed by atoms with Crippen molar-refractivity contribution in [3.8, 4) is 23.0 Å². The van der Waals surface area contributed by atoms with Gasteiger partial charge in [-0.15, -0.1) is 0 Å². The van der Waals surface area contributed by atoms with Crippen molar-refractivity contribution in [1.29, 1.82) is 0 Å². The van der Waals surface area contributed by atoms with E-state index in [9.17, 15) is 4.39 Å². The van der Waals surface area contributed by atoms with E-state index in [1.165, 1.54) is 13.2 Å². The quantitative estimate of drug-likeness (QED) is 0.647. The summed E-state index contributed by atoms with van der Waals surface area (Å²) in [6, 6.07) is 10.0. The van der Waals surface area contributed by atoms with Crippen LogP contribution in [0.1, 0.15) is 11.3 Å². The number of aromatic nitrogens is 3. The van der Waals surface area contributed by atoms with Crippen LogP contribution in [0.25, 0.3) is 11.4 Å². The molecule has 0 saturated heterocycles. The van der Waals surface area contributed by atoms with Gasteiger partial charge in [-0.25, -0.2) is 9.37 Å². The number of rotatable bonds is 7. The highest BCUT2D eigenvalue weighted by Crippen LogP contribution is 2.21. The lowest BCUT2D eigenvalue weighted by molar-refractivity contribution is 0.180. The van der Waals surface area contributed by atoms with E-state index in [2.05, 4.69) is 15.0 Å². The summed E-state index contributed by atoms with van der Waals surface area (Å²) in [7, 11) is 3.02. The van der Waals surface area contributed by atoms with Crippen LogP contribution in [0.5, 0.6) is 11.6 Å². The molecule has 0 amide bonds. The topological polar surface area (TPSA) is 66.4 Å². The fourth-order valence-corrected chi connectivity index (χ4v) is 2.36. The standard InChI is InChI=1S/C19H18FN3O3/c1-24-12-15-10-18(23-19(22-15)14-5-7-21-8-6-14)26-11-13-3-4-17(25-2)16(20)9-13/h3-10H,11-12H2,1-2H3. The van der Waals surface area contributed by atoms with Crippen molar-refractivity contribution in [2.75, 3.05) is 14.2 Å². The van der Waals surface area contributed by atoms with Gasteiger partial charge >= 0.3 is 0 Å². The van der Waals surface area contributed by atoms with E-state index < -0.39 is 5.82 Å². The summed E-state index contributed by atoms with van der Waals surface area (Å²) in [5.41, 5.74) is 2.17. The Morgan fingerprint density at radius 3 is 2.46 bits per heavy atom. The van der Waals surface area contributed by atoms with E-state index in [1.54, 1.807) is 37.7 Å². The van der Waals surface area contributed by atoms with Crippen LogP contribution in [0.3, 0.4) is 0 Å². The van der Waals surface area contributed by atoms with Crippen LogP contribution < -0.4 is 9.47 Å². The number of methoxy groups -OCH3 is 2. The van der Waals surface area contributed by atoms with Crippen LogP contribution in [0, 0.1) is 5.82 Å². The summed E-state index contributed by atoms with van der Waals surface area (Å²) in [6.07, 6.45) is 3.34. The zero-order chi connectivity index (χ0) is 18.4. The van der Waals surface area contributed by atoms with Crippen LogP contribution in [-0.2, 0) is 18.0 Å². The smallest absolute Gasteiger partial charge is 0.217 e. The highest BCUT2D eigenvalue weighted by molar-refractivity contribution is 5.54. The minimum atomic E-state index is -0.436. The molecule has 0 radical (unpaired) electrons. The summed E-state index contributed by atoms with van der Waals surface area (Å²) >= 11 is 0. The lowest BCUT2D eigenvalue weighted by Gasteiger charge is -2.10. The molecule has 0 aliphatic carbocycles. The Hall–Kier alpha value is -3.06. The van der Waals surface area contributed by atoms with Crippen molar-refractivity contribution >= 4 is 0 Å². The van der Waals surface area contributed by atoms with Gasteiger partial charge in [0.1, 0.15) is 6.61 Å². The van der Waals surface area contributed by atoms with Crippen LogP contribution in [0.4, 0.5) is 4.39 Å². The van der Waals surface area contributed by atoms with Crippen LogP contribution in [-0.4, -0.2) is 29.2 Å². The van der Waals surface area contributed by atoms with E-state index in [-0.39, 0.29) is 12.4 Å². The number of hydrogen-bond acceptors (Lipinski definition) is 6. The molecule has 0 bridgehead atoms. The lowest BCUT2D eigenvalue weighted by Crippen LogP contribution is -2.03. The summed E-state index contributed by atoms with van der Waals surface area (Å²) in [5, 5.41) is 0. The first kappa shape index (κ1) is 17.8. The number of pyridine rings is 1. The Balaban J connectivity index is 1.82. The molecule has 1 aromatic carbocycles. The first-order valence-corrected chi connectivity index (χ1v) is 7.92. The second-order valence-corrected chi connectivity index (χ2v) is 5.45. The second-order valence-electron chi connectivity index (χ2n) is 5.45. The fraction of sp³-hybridized carbons (Fsp3) is 0.211. The summed E-state index contributed by atoms with van der Waals surface area (Å²) in [5.74, 6) is 0.653. The van der Waals surface area contributed by atoms with Crippen molar-refractivity contribution < 1.29 is 18.6 Å². The Bertz CT molecular complexity index is 875. The first-order chi connectivity index (χ1) is 12.7. The molecule has 3 aromatic rings. The van der Waals surface area contributed by atoms with Gasteiger partial charge in [0.25, 0.3) is 0 Å². The summed E-state index contributed by atoms with van der Waals surface area (Å²) < 4.78 is 29.6. The lowest BCUT2D eigenvalue weighted by atomic mass is 10.2. The minimum Gasteiger partial charge on any atom is -0.494 e. The molecule has 0 atom stereocenters. The molecule has 3 rings (SSSR count). The Morgan fingerprint density at radius 2 is 1.77 bits per heavy atom. The van der Waals surface area contributed by atoms with E-state index >= 15 is 0 Å². The average Bonchev–Trinajstić information content (AvgIpc) is 2.67. The van der Waals surface area contributed by atoms with Crippen LogP contribution in [0.2, 0.25) is 0 Å². The molecular weight excluding hydrogens is 337 g/mol. The van der Waals surface area contributed by atoms with Gasteiger partial charge < -0.3 is 14.2 Å². The van der Waals surface area contributed by atoms with Gasteiger partial charge in [-0.3, -0.25) is 4.98 Å². The maximum absolute atomic E-state index is 13.8. The molecule has 2 heterocycles. The highest BCUT2D eigenvalue weighted by Gasteiger charge is 2.09. The molecule has 7 heteroatoms. The highest BCUT2D eigenvalue weighted by atomic mass is 19.1. The molecule has 0 unspecified atom stereocenters. The number of hydrogen-bond donors (Lipinski definition) is 0. The Morgan fingerprint density at radius 1 is 0.962 bits per heavy atom. The van der Waals surface area contributed by atoms with Gasteiger partial charge in [0.05, 0.1) is 19.4 Å². The molecule has 0 N–H and O–H groups in total. The molecule has 0 aliphatic heterocycles. The number of ether oxygens (including phenoxy) is 3. The van der Waals surface area contributed by atoms with Crippen molar-refractivity contribution in [3.05, 3.63) is 65.9 Å². The maximum Gasteiger partial charge on any atom is 0.217 e. The average molecular weight is 355 g/mol. The molecule has 134 valence electrons. The summed E-state index contributed by atoms with van der Waals surface area (Å²) in [6.45, 7) is 0.494. The fourth-order valence-electron chi connectivity index (χ4n) is 2.36. The Labute approximate surface area is 150 Å². The van der Waals surface area contributed by atoms with Crippen LogP contribution >= 0.6 is 0 Å². The third kappa shape index (κ3) is 4.31. The zero-order valence-corrected chi connectivity index (χ0v) is 14.5. The van der Waals surface area contributed by atoms with Gasteiger partial charge in [-0.05, 0) is 29.8 Å². The number of benzene rings is 1. The van der Waals surface area contributed by atoms with Crippen molar-refractivity contribution in [1.82, 2.24) is 15.0 Å². The first-order valence-electron chi connectivity index (χ1n) is 7.92. The van der Waals surface area contributed by atoms with Gasteiger partial charge in [0.15, 0.2) is 17.4 Å². The Kier molecular flexibility index (Phi) is 5.70. The van der Waals surface area contributed by atoms with Crippen molar-refractivity contribution in [2.24, 2.45) is 0 Å². The van der Waals surface area contributed by atoms with Crippen molar-refractivity contribution in [2.45, 2.75) is 13.2 Å². The van der Waals surface area contributed by atoms with Gasteiger partial charge in [0, 0.05) is 31.1 Å². The number of halogens is 1. The molecule has 0 spiro atoms.